The van der Waals surface area contributed by atoms with E-state index in [9.17, 15) is 4.79 Å². The van der Waals surface area contributed by atoms with Crippen LogP contribution in [0.4, 0.5) is 11.5 Å². The summed E-state index contributed by atoms with van der Waals surface area (Å²) in [5.41, 5.74) is 2.21. The standard InChI is InChI=1S/C11H13N3.C11H13NO2.C8H16/c1-8-12-10-7-5-4-6-9(10)11(13-8)14(2)3;1-8(9(2)13)12-10-4-6-11(14-3)7-5-10;1-7-3-5-8(2)6-4-7/h4-7H,1-3H3;4-7,12H,1H2,2-3H3;7-8H,3-6H2,1-2H3. The van der Waals surface area contributed by atoms with Gasteiger partial charge in [0.1, 0.15) is 17.4 Å². The van der Waals surface area contributed by atoms with E-state index in [0.717, 1.165) is 45.8 Å². The average molecular weight is 491 g/mol. The van der Waals surface area contributed by atoms with Gasteiger partial charge in [0.25, 0.3) is 0 Å². The Morgan fingerprint density at radius 3 is 2.03 bits per heavy atom. The molecule has 3 aromatic rings. The SMILES string of the molecule is C=C(Nc1ccc(OC)cc1)C(C)=O.CC1CCC(C)CC1.Cc1nc(N(C)C)c2ccccc2n1. The molecule has 1 fully saturated rings. The molecule has 0 amide bonds. The number of Topliss-reactive ketones (excluding diaryl/α,β-unsaturated/α-hetero) is 1. The Balaban J connectivity index is 0.000000198. The normalized spacial score (nSPS) is 16.5. The number of carbonyl (C=O) groups excluding carboxylic acids is 1. The van der Waals surface area contributed by atoms with Crippen molar-refractivity contribution < 1.29 is 9.53 Å². The molecule has 0 aliphatic heterocycles. The summed E-state index contributed by atoms with van der Waals surface area (Å²) < 4.78 is 5.00. The maximum absolute atomic E-state index is 10.9. The number of nitrogens with zero attached hydrogens (tertiary/aromatic N) is 3. The average Bonchev–Trinajstić information content (AvgIpc) is 2.86. The molecule has 36 heavy (non-hydrogen) atoms. The highest BCUT2D eigenvalue weighted by Crippen LogP contribution is 2.27. The third kappa shape index (κ3) is 9.33. The molecule has 2 aromatic carbocycles. The van der Waals surface area contributed by atoms with Gasteiger partial charge in [0.15, 0.2) is 5.78 Å². The summed E-state index contributed by atoms with van der Waals surface area (Å²) in [7, 11) is 5.60. The van der Waals surface area contributed by atoms with Gasteiger partial charge in [0, 0.05) is 32.1 Å². The molecule has 1 aliphatic carbocycles. The number of aryl methyl sites for hydroxylation is 1. The largest absolute Gasteiger partial charge is 0.497 e. The lowest BCUT2D eigenvalue weighted by molar-refractivity contribution is -0.113. The van der Waals surface area contributed by atoms with E-state index in [-0.39, 0.29) is 5.78 Å². The van der Waals surface area contributed by atoms with Crippen molar-refractivity contribution in [2.45, 2.75) is 53.4 Å². The third-order valence-electron chi connectivity index (χ3n) is 6.23. The van der Waals surface area contributed by atoms with Crippen LogP contribution in [0, 0.1) is 18.8 Å². The fourth-order valence-electron chi connectivity index (χ4n) is 3.88. The summed E-state index contributed by atoms with van der Waals surface area (Å²) in [6, 6.07) is 15.3. The van der Waals surface area contributed by atoms with Crippen LogP contribution in [0.5, 0.6) is 5.75 Å². The van der Waals surface area contributed by atoms with Gasteiger partial charge in [-0.1, -0.05) is 58.2 Å². The Hall–Kier alpha value is -3.41. The lowest BCUT2D eigenvalue weighted by Crippen LogP contribution is -2.12. The number of hydrogen-bond acceptors (Lipinski definition) is 6. The van der Waals surface area contributed by atoms with Crippen molar-refractivity contribution in [2.75, 3.05) is 31.4 Å². The molecule has 1 N–H and O–H groups in total. The number of ether oxygens (including phenoxy) is 1. The number of allylic oxidation sites excluding steroid dienone is 1. The quantitative estimate of drug-likeness (QED) is 0.387. The number of anilines is 2. The lowest BCUT2D eigenvalue weighted by Gasteiger charge is -2.22. The highest BCUT2D eigenvalue weighted by atomic mass is 16.5. The van der Waals surface area contributed by atoms with Crippen LogP contribution in [0.3, 0.4) is 0 Å². The first kappa shape index (κ1) is 28.8. The molecule has 6 heteroatoms. The molecule has 1 heterocycles. The van der Waals surface area contributed by atoms with Crippen molar-refractivity contribution in [3.63, 3.8) is 0 Å². The first-order chi connectivity index (χ1) is 17.1. The zero-order chi connectivity index (χ0) is 26.7. The molecule has 0 bridgehead atoms. The predicted octanol–water partition coefficient (Wildman–Crippen LogP) is 7.05. The summed E-state index contributed by atoms with van der Waals surface area (Å²) in [4.78, 5) is 21.7. The molecule has 1 aliphatic rings. The van der Waals surface area contributed by atoms with Gasteiger partial charge in [0.2, 0.25) is 0 Å². The van der Waals surface area contributed by atoms with E-state index < -0.39 is 0 Å². The maximum atomic E-state index is 10.9. The number of carbonyl (C=O) groups is 1. The predicted molar refractivity (Wildman–Crippen MR) is 152 cm³/mol. The molecule has 0 radical (unpaired) electrons. The van der Waals surface area contributed by atoms with Crippen molar-refractivity contribution in [3.8, 4) is 5.75 Å². The van der Waals surface area contributed by atoms with Gasteiger partial charge in [-0.05, 0) is 55.2 Å². The smallest absolute Gasteiger partial charge is 0.175 e. The number of aromatic nitrogens is 2. The molecule has 1 saturated carbocycles. The van der Waals surface area contributed by atoms with E-state index in [1.54, 1.807) is 7.11 Å². The van der Waals surface area contributed by atoms with E-state index in [1.165, 1.54) is 32.6 Å². The molecule has 194 valence electrons. The number of nitrogens with one attached hydrogen (secondary N) is 1. The van der Waals surface area contributed by atoms with Crippen molar-refractivity contribution >= 4 is 28.2 Å². The van der Waals surface area contributed by atoms with Gasteiger partial charge >= 0.3 is 0 Å². The van der Waals surface area contributed by atoms with Crippen molar-refractivity contribution in [3.05, 3.63) is 66.6 Å². The van der Waals surface area contributed by atoms with Crippen LogP contribution in [0.25, 0.3) is 10.9 Å². The molecule has 1 aromatic heterocycles. The summed E-state index contributed by atoms with van der Waals surface area (Å²) in [5, 5.41) is 3.99. The third-order valence-corrected chi connectivity index (χ3v) is 6.23. The van der Waals surface area contributed by atoms with Crippen LogP contribution in [0.1, 0.15) is 52.3 Å². The highest BCUT2D eigenvalue weighted by Gasteiger charge is 2.13. The molecule has 0 unspecified atom stereocenters. The second-order valence-corrected chi connectivity index (χ2v) is 9.76. The van der Waals surface area contributed by atoms with Gasteiger partial charge in [0.05, 0.1) is 18.3 Å². The van der Waals surface area contributed by atoms with E-state index in [2.05, 4.69) is 35.7 Å². The maximum Gasteiger partial charge on any atom is 0.175 e. The van der Waals surface area contributed by atoms with Gasteiger partial charge < -0.3 is 15.0 Å². The van der Waals surface area contributed by atoms with Crippen LogP contribution in [-0.4, -0.2) is 37.0 Å². The minimum absolute atomic E-state index is 0.0687. The summed E-state index contributed by atoms with van der Waals surface area (Å²) >= 11 is 0. The fraction of sp³-hybridized carbons (Fsp3) is 0.433. The van der Waals surface area contributed by atoms with E-state index in [4.69, 9.17) is 4.74 Å². The Kier molecular flexibility index (Phi) is 11.4. The van der Waals surface area contributed by atoms with Gasteiger partial charge in [-0.15, -0.1) is 0 Å². The lowest BCUT2D eigenvalue weighted by atomic mass is 9.84. The molecule has 6 nitrogen and oxygen atoms in total. The number of benzene rings is 2. The van der Waals surface area contributed by atoms with E-state index >= 15 is 0 Å². The van der Waals surface area contributed by atoms with Crippen molar-refractivity contribution in [2.24, 2.45) is 11.8 Å². The molecule has 0 atom stereocenters. The zero-order valence-corrected chi connectivity index (χ0v) is 23.0. The number of fused-ring (bicyclic) bond motifs is 1. The number of para-hydroxylation sites is 1. The number of hydrogen-bond donors (Lipinski definition) is 1. The Labute approximate surface area is 216 Å². The topological polar surface area (TPSA) is 67.3 Å². The van der Waals surface area contributed by atoms with Crippen molar-refractivity contribution in [1.29, 1.82) is 0 Å². The summed E-state index contributed by atoms with van der Waals surface area (Å²) in [6.07, 6.45) is 5.89. The first-order valence-corrected chi connectivity index (χ1v) is 12.6. The minimum Gasteiger partial charge on any atom is -0.497 e. The molecular weight excluding hydrogens is 448 g/mol. The number of methoxy groups -OCH3 is 1. The van der Waals surface area contributed by atoms with Gasteiger partial charge in [-0.3, -0.25) is 4.79 Å². The van der Waals surface area contributed by atoms with E-state index in [0.29, 0.717) is 5.70 Å². The number of ketones is 1. The molecule has 0 spiro atoms. The second-order valence-electron chi connectivity index (χ2n) is 9.76. The molecule has 0 saturated heterocycles. The molecular formula is C30H42N4O2. The van der Waals surface area contributed by atoms with Crippen LogP contribution in [-0.2, 0) is 4.79 Å². The second kappa shape index (κ2) is 14.2. The Morgan fingerprint density at radius 1 is 0.972 bits per heavy atom. The Morgan fingerprint density at radius 2 is 1.53 bits per heavy atom. The van der Waals surface area contributed by atoms with Crippen LogP contribution in [0.15, 0.2) is 60.8 Å². The minimum atomic E-state index is -0.0687. The van der Waals surface area contributed by atoms with Crippen LogP contribution < -0.4 is 15.0 Å². The summed E-state index contributed by atoms with van der Waals surface area (Å²) in [5.74, 6) is 4.54. The van der Waals surface area contributed by atoms with Crippen molar-refractivity contribution in [1.82, 2.24) is 9.97 Å². The summed E-state index contributed by atoms with van der Waals surface area (Å²) in [6.45, 7) is 11.7. The number of rotatable bonds is 5. The Bertz CT molecular complexity index is 1110. The highest BCUT2D eigenvalue weighted by molar-refractivity contribution is 5.95. The first-order valence-electron chi connectivity index (χ1n) is 12.6. The monoisotopic (exact) mass is 490 g/mol. The van der Waals surface area contributed by atoms with E-state index in [1.807, 2.05) is 74.4 Å². The van der Waals surface area contributed by atoms with Gasteiger partial charge in [-0.25, -0.2) is 9.97 Å². The van der Waals surface area contributed by atoms with Crippen LogP contribution in [0.2, 0.25) is 0 Å². The van der Waals surface area contributed by atoms with Gasteiger partial charge in [-0.2, -0.15) is 0 Å². The zero-order valence-electron chi connectivity index (χ0n) is 23.0. The molecule has 4 rings (SSSR count). The van der Waals surface area contributed by atoms with Crippen LogP contribution >= 0.6 is 0 Å². The fourth-order valence-corrected chi connectivity index (χ4v) is 3.88.